The van der Waals surface area contributed by atoms with Gasteiger partial charge in [0.25, 0.3) is 5.88 Å². The molecule has 0 unspecified atom stereocenters. The molecule has 2 aromatic rings. The highest BCUT2D eigenvalue weighted by Gasteiger charge is 2.25. The molecule has 6 heteroatoms. The lowest BCUT2D eigenvalue weighted by molar-refractivity contribution is 0.117. The van der Waals surface area contributed by atoms with Gasteiger partial charge in [-0.05, 0) is 42.7 Å². The van der Waals surface area contributed by atoms with Crippen LogP contribution >= 0.6 is 11.6 Å². The third kappa shape index (κ3) is 3.31. The Morgan fingerprint density at radius 2 is 2.38 bits per heavy atom. The quantitative estimate of drug-likeness (QED) is 0.821. The summed E-state index contributed by atoms with van der Waals surface area (Å²) in [6.45, 7) is 3.40. The molecule has 1 saturated heterocycles. The molecule has 0 saturated carbocycles. The number of fused-ring (bicyclic) bond motifs is 1. The predicted molar refractivity (Wildman–Crippen MR) is 81.0 cm³/mol. The molecule has 0 radical (unpaired) electrons. The molecule has 1 aromatic carbocycles. The van der Waals surface area contributed by atoms with Gasteiger partial charge in [0.1, 0.15) is 6.61 Å². The number of aromatic nitrogens is 1. The van der Waals surface area contributed by atoms with Crippen molar-refractivity contribution in [2.24, 2.45) is 0 Å². The summed E-state index contributed by atoms with van der Waals surface area (Å²) in [5, 5.41) is 5.46. The number of benzene rings is 1. The van der Waals surface area contributed by atoms with Crippen LogP contribution in [0.2, 0.25) is 5.02 Å². The third-order valence-corrected chi connectivity index (χ3v) is 4.13. The van der Waals surface area contributed by atoms with Gasteiger partial charge in [-0.1, -0.05) is 11.6 Å². The molecule has 5 nitrogen and oxygen atoms in total. The van der Waals surface area contributed by atoms with Crippen LogP contribution in [-0.2, 0) is 4.74 Å². The SMILES string of the molecule is COCCN1CCC[C@H]1COc1noc2ccc(Cl)cc12. The Balaban J connectivity index is 1.64. The van der Waals surface area contributed by atoms with Gasteiger partial charge < -0.3 is 14.0 Å². The second-order valence-electron chi connectivity index (χ2n) is 5.26. The first-order valence-corrected chi connectivity index (χ1v) is 7.56. The Kier molecular flexibility index (Phi) is 4.63. The Labute approximate surface area is 128 Å². The largest absolute Gasteiger partial charge is 0.473 e. The second kappa shape index (κ2) is 6.64. The van der Waals surface area contributed by atoms with Gasteiger partial charge in [-0.25, -0.2) is 0 Å². The monoisotopic (exact) mass is 310 g/mol. The highest BCUT2D eigenvalue weighted by Crippen LogP contribution is 2.28. The molecule has 2 heterocycles. The van der Waals surface area contributed by atoms with Crippen molar-refractivity contribution < 1.29 is 14.0 Å². The van der Waals surface area contributed by atoms with E-state index in [0.29, 0.717) is 29.1 Å². The number of ether oxygens (including phenoxy) is 2. The van der Waals surface area contributed by atoms with Crippen molar-refractivity contribution >= 4 is 22.6 Å². The van der Waals surface area contributed by atoms with Gasteiger partial charge >= 0.3 is 0 Å². The van der Waals surface area contributed by atoms with Gasteiger partial charge in [-0.3, -0.25) is 4.90 Å². The van der Waals surface area contributed by atoms with Crippen LogP contribution in [0.1, 0.15) is 12.8 Å². The summed E-state index contributed by atoms with van der Waals surface area (Å²) in [6, 6.07) is 5.81. The minimum Gasteiger partial charge on any atom is -0.473 e. The van der Waals surface area contributed by atoms with E-state index in [9.17, 15) is 0 Å². The minimum absolute atomic E-state index is 0.408. The van der Waals surface area contributed by atoms with Crippen LogP contribution in [-0.4, -0.2) is 49.5 Å². The van der Waals surface area contributed by atoms with Crippen LogP contribution in [0.25, 0.3) is 11.0 Å². The predicted octanol–water partition coefficient (Wildman–Crippen LogP) is 2.97. The molecule has 1 aliphatic heterocycles. The topological polar surface area (TPSA) is 47.7 Å². The lowest BCUT2D eigenvalue weighted by Crippen LogP contribution is -2.36. The molecule has 0 N–H and O–H groups in total. The molecule has 1 aromatic heterocycles. The van der Waals surface area contributed by atoms with Crippen molar-refractivity contribution in [1.29, 1.82) is 0 Å². The van der Waals surface area contributed by atoms with Gasteiger partial charge in [0.2, 0.25) is 0 Å². The van der Waals surface area contributed by atoms with Crippen LogP contribution in [0.3, 0.4) is 0 Å². The summed E-state index contributed by atoms with van der Waals surface area (Å²) in [6.07, 6.45) is 2.34. The molecule has 21 heavy (non-hydrogen) atoms. The molecular formula is C15H19ClN2O3. The van der Waals surface area contributed by atoms with E-state index >= 15 is 0 Å². The fourth-order valence-corrected chi connectivity index (χ4v) is 2.93. The highest BCUT2D eigenvalue weighted by molar-refractivity contribution is 6.31. The zero-order chi connectivity index (χ0) is 14.7. The number of nitrogens with zero attached hydrogens (tertiary/aromatic N) is 2. The number of hydrogen-bond donors (Lipinski definition) is 0. The first-order valence-electron chi connectivity index (χ1n) is 7.18. The second-order valence-corrected chi connectivity index (χ2v) is 5.70. The summed E-state index contributed by atoms with van der Waals surface area (Å²) in [5.74, 6) is 0.520. The first-order chi connectivity index (χ1) is 10.3. The molecule has 0 bridgehead atoms. The van der Waals surface area contributed by atoms with Crippen LogP contribution in [0, 0.1) is 0 Å². The van der Waals surface area contributed by atoms with Gasteiger partial charge in [0, 0.05) is 24.7 Å². The molecule has 0 amide bonds. The number of rotatable bonds is 6. The van der Waals surface area contributed by atoms with Crippen LogP contribution in [0.5, 0.6) is 5.88 Å². The van der Waals surface area contributed by atoms with E-state index in [4.69, 9.17) is 25.6 Å². The molecule has 1 fully saturated rings. The van der Waals surface area contributed by atoms with E-state index in [1.54, 1.807) is 19.2 Å². The fourth-order valence-electron chi connectivity index (χ4n) is 2.75. The standard InChI is InChI=1S/C15H19ClN2O3/c1-19-8-7-18-6-2-3-12(18)10-20-15-13-9-11(16)4-5-14(13)21-17-15/h4-5,9,12H,2-3,6-8,10H2,1H3/t12-/m0/s1. The lowest BCUT2D eigenvalue weighted by Gasteiger charge is -2.23. The van der Waals surface area contributed by atoms with Crippen LogP contribution in [0.4, 0.5) is 0 Å². The summed E-state index contributed by atoms with van der Waals surface area (Å²) < 4.78 is 16.3. The number of methoxy groups -OCH3 is 1. The number of likely N-dealkylation sites (tertiary alicyclic amines) is 1. The van der Waals surface area contributed by atoms with Crippen molar-refractivity contribution in [2.45, 2.75) is 18.9 Å². The molecule has 3 rings (SSSR count). The Morgan fingerprint density at radius 3 is 3.24 bits per heavy atom. The fraction of sp³-hybridized carbons (Fsp3) is 0.533. The van der Waals surface area contributed by atoms with E-state index < -0.39 is 0 Å². The molecule has 0 aliphatic carbocycles. The van der Waals surface area contributed by atoms with Crippen molar-refractivity contribution in [1.82, 2.24) is 10.1 Å². The van der Waals surface area contributed by atoms with Crippen molar-refractivity contribution in [3.8, 4) is 5.88 Å². The first kappa shape index (κ1) is 14.6. The van der Waals surface area contributed by atoms with E-state index in [1.165, 1.54) is 6.42 Å². The van der Waals surface area contributed by atoms with Gasteiger partial charge in [-0.2, -0.15) is 0 Å². The molecular weight excluding hydrogens is 292 g/mol. The van der Waals surface area contributed by atoms with Crippen molar-refractivity contribution in [3.63, 3.8) is 0 Å². The Hall–Kier alpha value is -1.30. The summed E-state index contributed by atoms with van der Waals surface area (Å²) in [5.41, 5.74) is 0.692. The summed E-state index contributed by atoms with van der Waals surface area (Å²) in [4.78, 5) is 2.40. The van der Waals surface area contributed by atoms with Gasteiger partial charge in [0.05, 0.1) is 12.0 Å². The smallest absolute Gasteiger partial charge is 0.262 e. The minimum atomic E-state index is 0.408. The van der Waals surface area contributed by atoms with E-state index in [2.05, 4.69) is 10.1 Å². The highest BCUT2D eigenvalue weighted by atomic mass is 35.5. The summed E-state index contributed by atoms with van der Waals surface area (Å²) in [7, 11) is 1.73. The number of halogens is 1. The Morgan fingerprint density at radius 1 is 1.48 bits per heavy atom. The molecule has 1 aliphatic rings. The summed E-state index contributed by atoms with van der Waals surface area (Å²) >= 11 is 6.01. The van der Waals surface area contributed by atoms with Crippen molar-refractivity contribution in [2.75, 3.05) is 33.4 Å². The van der Waals surface area contributed by atoms with E-state index in [-0.39, 0.29) is 0 Å². The van der Waals surface area contributed by atoms with Crippen LogP contribution in [0.15, 0.2) is 22.7 Å². The van der Waals surface area contributed by atoms with E-state index in [0.717, 1.165) is 31.5 Å². The van der Waals surface area contributed by atoms with Gasteiger partial charge in [0.15, 0.2) is 5.58 Å². The average Bonchev–Trinajstić information content (AvgIpc) is 3.09. The molecule has 1 atom stereocenters. The molecule has 0 spiro atoms. The molecule has 114 valence electrons. The normalized spacial score (nSPS) is 19.4. The zero-order valence-corrected chi connectivity index (χ0v) is 12.8. The Bertz CT molecular complexity index is 602. The van der Waals surface area contributed by atoms with E-state index in [1.807, 2.05) is 6.07 Å². The lowest BCUT2D eigenvalue weighted by atomic mass is 10.2. The maximum Gasteiger partial charge on any atom is 0.262 e. The van der Waals surface area contributed by atoms with Crippen LogP contribution < -0.4 is 4.74 Å². The van der Waals surface area contributed by atoms with Gasteiger partial charge in [-0.15, -0.1) is 0 Å². The van der Waals surface area contributed by atoms with Crippen molar-refractivity contribution in [3.05, 3.63) is 23.2 Å². The zero-order valence-electron chi connectivity index (χ0n) is 12.0. The maximum atomic E-state index is 6.01. The number of hydrogen-bond acceptors (Lipinski definition) is 5. The maximum absolute atomic E-state index is 6.01. The average molecular weight is 311 g/mol. The third-order valence-electron chi connectivity index (χ3n) is 3.89.